The maximum atomic E-state index is 5.92. The SMILES string of the molecule is COc1ccccc1OC[C@H](C)NC1CCN(c2cc(C)nc(N)n2)CC1. The van der Waals surface area contributed by atoms with Crippen LogP contribution in [0.25, 0.3) is 0 Å². The number of nitrogens with two attached hydrogens (primary N) is 1. The zero-order valence-electron chi connectivity index (χ0n) is 16.3. The largest absolute Gasteiger partial charge is 0.493 e. The number of anilines is 2. The van der Waals surface area contributed by atoms with Crippen LogP contribution in [0.2, 0.25) is 0 Å². The van der Waals surface area contributed by atoms with Gasteiger partial charge in [0.15, 0.2) is 11.5 Å². The molecule has 1 atom stereocenters. The van der Waals surface area contributed by atoms with Gasteiger partial charge >= 0.3 is 0 Å². The number of hydrogen-bond acceptors (Lipinski definition) is 7. The van der Waals surface area contributed by atoms with Gasteiger partial charge in [0, 0.05) is 36.9 Å². The Morgan fingerprint density at radius 2 is 1.93 bits per heavy atom. The van der Waals surface area contributed by atoms with Crippen molar-refractivity contribution in [1.82, 2.24) is 15.3 Å². The monoisotopic (exact) mass is 371 g/mol. The quantitative estimate of drug-likeness (QED) is 0.773. The topological polar surface area (TPSA) is 85.5 Å². The van der Waals surface area contributed by atoms with Crippen molar-refractivity contribution in [2.24, 2.45) is 0 Å². The number of rotatable bonds is 7. The fourth-order valence-electron chi connectivity index (χ4n) is 3.41. The minimum atomic E-state index is 0.253. The predicted molar refractivity (Wildman–Crippen MR) is 108 cm³/mol. The molecular weight excluding hydrogens is 342 g/mol. The second-order valence-corrected chi connectivity index (χ2v) is 7.02. The molecule has 3 rings (SSSR count). The molecule has 0 spiro atoms. The van der Waals surface area contributed by atoms with Crippen LogP contribution in [-0.4, -0.2) is 48.9 Å². The molecule has 1 saturated heterocycles. The first-order valence-corrected chi connectivity index (χ1v) is 9.43. The lowest BCUT2D eigenvalue weighted by Gasteiger charge is -2.34. The van der Waals surface area contributed by atoms with E-state index in [1.165, 1.54) is 0 Å². The van der Waals surface area contributed by atoms with E-state index in [1.54, 1.807) is 7.11 Å². The minimum absolute atomic E-state index is 0.253. The molecule has 0 aliphatic carbocycles. The number of nitrogens with zero attached hydrogens (tertiary/aromatic N) is 3. The first-order valence-electron chi connectivity index (χ1n) is 9.43. The predicted octanol–water partition coefficient (Wildman–Crippen LogP) is 2.40. The zero-order chi connectivity index (χ0) is 19.2. The van der Waals surface area contributed by atoms with Crippen LogP contribution >= 0.6 is 0 Å². The van der Waals surface area contributed by atoms with Gasteiger partial charge in [-0.25, -0.2) is 4.98 Å². The molecule has 1 aromatic heterocycles. The Labute approximate surface area is 160 Å². The van der Waals surface area contributed by atoms with Crippen molar-refractivity contribution in [1.29, 1.82) is 0 Å². The molecule has 0 radical (unpaired) electrons. The normalized spacial score (nSPS) is 16.2. The highest BCUT2D eigenvalue weighted by Crippen LogP contribution is 2.26. The molecule has 1 fully saturated rings. The van der Waals surface area contributed by atoms with Gasteiger partial charge in [0.2, 0.25) is 5.95 Å². The fraction of sp³-hybridized carbons (Fsp3) is 0.500. The lowest BCUT2D eigenvalue weighted by molar-refractivity contribution is 0.242. The molecule has 1 aliphatic heterocycles. The summed E-state index contributed by atoms with van der Waals surface area (Å²) in [6, 6.07) is 10.4. The van der Waals surface area contributed by atoms with Crippen molar-refractivity contribution < 1.29 is 9.47 Å². The minimum Gasteiger partial charge on any atom is -0.493 e. The summed E-state index contributed by atoms with van der Waals surface area (Å²) in [7, 11) is 1.66. The highest BCUT2D eigenvalue weighted by molar-refractivity contribution is 5.43. The van der Waals surface area contributed by atoms with Crippen molar-refractivity contribution in [3.63, 3.8) is 0 Å². The van der Waals surface area contributed by atoms with E-state index in [0.29, 0.717) is 18.6 Å². The number of nitrogens with one attached hydrogen (secondary N) is 1. The van der Waals surface area contributed by atoms with Crippen LogP contribution in [0, 0.1) is 6.92 Å². The van der Waals surface area contributed by atoms with Crippen molar-refractivity contribution in [2.75, 3.05) is 37.4 Å². The van der Waals surface area contributed by atoms with Gasteiger partial charge in [-0.1, -0.05) is 12.1 Å². The van der Waals surface area contributed by atoms with Crippen LogP contribution in [0.3, 0.4) is 0 Å². The molecule has 146 valence electrons. The van der Waals surface area contributed by atoms with E-state index in [9.17, 15) is 0 Å². The first kappa shape index (κ1) is 19.2. The standard InChI is InChI=1S/C20H29N5O2/c1-14-12-19(24-20(21)23-14)25-10-8-16(9-11-25)22-15(2)13-27-18-7-5-4-6-17(18)26-3/h4-7,12,15-16,22H,8-11,13H2,1-3H3,(H2,21,23,24)/t15-/m0/s1. The van der Waals surface area contributed by atoms with Gasteiger partial charge in [0.25, 0.3) is 0 Å². The number of benzene rings is 1. The Morgan fingerprint density at radius 1 is 1.22 bits per heavy atom. The number of nitrogen functional groups attached to an aromatic ring is 1. The van der Waals surface area contributed by atoms with Crippen LogP contribution in [0.5, 0.6) is 11.5 Å². The van der Waals surface area contributed by atoms with Gasteiger partial charge < -0.3 is 25.4 Å². The number of aryl methyl sites for hydroxylation is 1. The van der Waals surface area contributed by atoms with Gasteiger partial charge in [0.05, 0.1) is 7.11 Å². The first-order chi connectivity index (χ1) is 13.0. The number of piperidine rings is 1. The van der Waals surface area contributed by atoms with Crippen molar-refractivity contribution in [3.8, 4) is 11.5 Å². The molecule has 0 unspecified atom stereocenters. The summed E-state index contributed by atoms with van der Waals surface area (Å²) in [5.74, 6) is 2.80. The fourth-order valence-corrected chi connectivity index (χ4v) is 3.41. The Bertz CT molecular complexity index is 727. The molecule has 7 heteroatoms. The highest BCUT2D eigenvalue weighted by Gasteiger charge is 2.22. The van der Waals surface area contributed by atoms with Gasteiger partial charge in [-0.2, -0.15) is 4.98 Å². The summed E-state index contributed by atoms with van der Waals surface area (Å²) in [6.07, 6.45) is 2.11. The molecule has 0 bridgehead atoms. The van der Waals surface area contributed by atoms with Gasteiger partial charge in [-0.3, -0.25) is 0 Å². The van der Waals surface area contributed by atoms with Crippen LogP contribution in [0.4, 0.5) is 11.8 Å². The summed E-state index contributed by atoms with van der Waals surface area (Å²) < 4.78 is 11.2. The molecule has 0 amide bonds. The third-order valence-electron chi connectivity index (χ3n) is 4.76. The molecule has 7 nitrogen and oxygen atoms in total. The third-order valence-corrected chi connectivity index (χ3v) is 4.76. The third kappa shape index (κ3) is 5.23. The number of methoxy groups -OCH3 is 1. The van der Waals surface area contributed by atoms with E-state index in [2.05, 4.69) is 27.1 Å². The maximum Gasteiger partial charge on any atom is 0.222 e. The van der Waals surface area contributed by atoms with E-state index in [0.717, 1.165) is 48.9 Å². The van der Waals surface area contributed by atoms with E-state index >= 15 is 0 Å². The second kappa shape index (κ2) is 8.90. The smallest absolute Gasteiger partial charge is 0.222 e. The van der Waals surface area contributed by atoms with Crippen LogP contribution in [0.1, 0.15) is 25.5 Å². The molecule has 0 saturated carbocycles. The van der Waals surface area contributed by atoms with E-state index in [-0.39, 0.29) is 6.04 Å². The number of hydrogen-bond donors (Lipinski definition) is 2. The van der Waals surface area contributed by atoms with Gasteiger partial charge in [-0.15, -0.1) is 0 Å². The van der Waals surface area contributed by atoms with E-state index < -0.39 is 0 Å². The van der Waals surface area contributed by atoms with Crippen LogP contribution in [-0.2, 0) is 0 Å². The summed E-state index contributed by atoms with van der Waals surface area (Å²) >= 11 is 0. The van der Waals surface area contributed by atoms with E-state index in [1.807, 2.05) is 37.3 Å². The maximum absolute atomic E-state index is 5.92. The molecule has 1 aromatic carbocycles. The van der Waals surface area contributed by atoms with Crippen LogP contribution < -0.4 is 25.4 Å². The Morgan fingerprint density at radius 3 is 2.59 bits per heavy atom. The number of aromatic nitrogens is 2. The van der Waals surface area contributed by atoms with Crippen molar-refractivity contribution >= 4 is 11.8 Å². The average molecular weight is 371 g/mol. The Kier molecular flexibility index (Phi) is 6.34. The van der Waals surface area contributed by atoms with Crippen molar-refractivity contribution in [2.45, 2.75) is 38.8 Å². The molecule has 2 heterocycles. The summed E-state index contributed by atoms with van der Waals surface area (Å²) in [5, 5.41) is 3.67. The molecule has 2 aromatic rings. The zero-order valence-corrected chi connectivity index (χ0v) is 16.3. The Hall–Kier alpha value is -2.54. The van der Waals surface area contributed by atoms with Gasteiger partial charge in [0.1, 0.15) is 12.4 Å². The lowest BCUT2D eigenvalue weighted by Crippen LogP contribution is -2.47. The highest BCUT2D eigenvalue weighted by atomic mass is 16.5. The van der Waals surface area contributed by atoms with Crippen LogP contribution in [0.15, 0.2) is 30.3 Å². The molecular formula is C20H29N5O2. The molecule has 3 N–H and O–H groups in total. The number of para-hydroxylation sites is 2. The second-order valence-electron chi connectivity index (χ2n) is 7.02. The lowest BCUT2D eigenvalue weighted by atomic mass is 10.0. The Balaban J connectivity index is 1.46. The summed E-state index contributed by atoms with van der Waals surface area (Å²) in [6.45, 7) is 6.60. The molecule has 1 aliphatic rings. The van der Waals surface area contributed by atoms with Gasteiger partial charge in [-0.05, 0) is 38.8 Å². The average Bonchev–Trinajstić information content (AvgIpc) is 2.66. The van der Waals surface area contributed by atoms with E-state index in [4.69, 9.17) is 15.2 Å². The number of ether oxygens (including phenoxy) is 2. The summed E-state index contributed by atoms with van der Waals surface area (Å²) in [5.41, 5.74) is 6.68. The van der Waals surface area contributed by atoms with Crippen molar-refractivity contribution in [3.05, 3.63) is 36.0 Å². The molecule has 27 heavy (non-hydrogen) atoms. The summed E-state index contributed by atoms with van der Waals surface area (Å²) in [4.78, 5) is 10.8.